The van der Waals surface area contributed by atoms with Crippen LogP contribution >= 0.6 is 11.8 Å². The topological polar surface area (TPSA) is 30.0 Å². The fourth-order valence-electron chi connectivity index (χ4n) is 1.88. The molecule has 0 aliphatic carbocycles. The molecule has 0 bridgehead atoms. The van der Waals surface area contributed by atoms with E-state index >= 15 is 0 Å². The first-order valence-electron chi connectivity index (χ1n) is 6.62. The van der Waals surface area contributed by atoms with Gasteiger partial charge < -0.3 is 0 Å². The van der Waals surface area contributed by atoms with Gasteiger partial charge in [-0.25, -0.2) is 4.98 Å². The number of hydrogen-bond acceptors (Lipinski definition) is 3. The monoisotopic (exact) mass is 285 g/mol. The number of aryl methyl sites for hydroxylation is 1. The summed E-state index contributed by atoms with van der Waals surface area (Å²) in [5.41, 5.74) is 2.35. The van der Waals surface area contributed by atoms with Gasteiger partial charge >= 0.3 is 0 Å². The highest BCUT2D eigenvalue weighted by molar-refractivity contribution is 8.00. The van der Waals surface area contributed by atoms with Gasteiger partial charge in [-0.15, -0.1) is 11.8 Å². The summed E-state index contributed by atoms with van der Waals surface area (Å²) in [6.07, 6.45) is 1.69. The summed E-state index contributed by atoms with van der Waals surface area (Å²) in [5.74, 6) is 0.0305. The molecule has 0 aliphatic heterocycles. The molecule has 1 heterocycles. The van der Waals surface area contributed by atoms with E-state index in [1.54, 1.807) is 18.0 Å². The molecule has 0 saturated heterocycles. The van der Waals surface area contributed by atoms with Crippen LogP contribution in [0.4, 0.5) is 0 Å². The van der Waals surface area contributed by atoms with Gasteiger partial charge in [-0.05, 0) is 18.6 Å². The van der Waals surface area contributed by atoms with E-state index in [9.17, 15) is 4.79 Å². The minimum atomic E-state index is 0.0305. The van der Waals surface area contributed by atoms with E-state index < -0.39 is 0 Å². The van der Waals surface area contributed by atoms with E-state index in [0.717, 1.165) is 10.6 Å². The van der Waals surface area contributed by atoms with Gasteiger partial charge in [0.15, 0.2) is 5.78 Å². The van der Waals surface area contributed by atoms with Gasteiger partial charge in [0, 0.05) is 22.1 Å². The van der Waals surface area contributed by atoms with Crippen LogP contribution in [0.3, 0.4) is 0 Å². The Hall–Kier alpha value is -1.61. The average Bonchev–Trinajstić information content (AvgIpc) is 2.37. The zero-order valence-electron chi connectivity index (χ0n) is 12.3. The molecule has 20 heavy (non-hydrogen) atoms. The Bertz CT molecular complexity index is 615. The second kappa shape index (κ2) is 5.80. The van der Waals surface area contributed by atoms with E-state index in [0.29, 0.717) is 11.1 Å². The van der Waals surface area contributed by atoms with Crippen molar-refractivity contribution < 1.29 is 4.79 Å². The van der Waals surface area contributed by atoms with Gasteiger partial charge in [0.25, 0.3) is 0 Å². The Kier molecular flexibility index (Phi) is 4.29. The van der Waals surface area contributed by atoms with Crippen molar-refractivity contribution in [2.24, 2.45) is 0 Å². The lowest BCUT2D eigenvalue weighted by Gasteiger charge is -2.17. The summed E-state index contributed by atoms with van der Waals surface area (Å²) < 4.78 is 0.115. The number of pyridine rings is 1. The molecule has 104 valence electrons. The molecule has 3 heteroatoms. The van der Waals surface area contributed by atoms with Gasteiger partial charge in [-0.1, -0.05) is 51.1 Å². The first kappa shape index (κ1) is 14.8. The molecule has 0 radical (unpaired) electrons. The predicted octanol–water partition coefficient (Wildman–Crippen LogP) is 4.51. The maximum atomic E-state index is 12.4. The van der Waals surface area contributed by atoms with E-state index in [-0.39, 0.29) is 10.5 Å². The molecular weight excluding hydrogens is 266 g/mol. The lowest BCUT2D eigenvalue weighted by Crippen LogP contribution is -2.09. The van der Waals surface area contributed by atoms with Crippen molar-refractivity contribution in [2.75, 3.05) is 0 Å². The highest BCUT2D eigenvalue weighted by Gasteiger charge is 2.16. The number of ketones is 1. The highest BCUT2D eigenvalue weighted by Crippen LogP contribution is 2.31. The molecule has 2 nitrogen and oxygen atoms in total. The van der Waals surface area contributed by atoms with Crippen LogP contribution in [0, 0.1) is 6.92 Å². The zero-order valence-corrected chi connectivity index (χ0v) is 13.1. The quantitative estimate of drug-likeness (QED) is 0.614. The third-order valence-electron chi connectivity index (χ3n) is 2.78. The Morgan fingerprint density at radius 2 is 1.80 bits per heavy atom. The summed E-state index contributed by atoms with van der Waals surface area (Å²) in [5, 5.41) is 0.958. The predicted molar refractivity (Wildman–Crippen MR) is 84.5 cm³/mol. The molecule has 0 N–H and O–H groups in total. The van der Waals surface area contributed by atoms with Gasteiger partial charge in [0.2, 0.25) is 0 Å². The number of hydrogen-bond donors (Lipinski definition) is 0. The fraction of sp³-hybridized carbons (Fsp3) is 0.294. The molecule has 0 aliphatic rings. The lowest BCUT2D eigenvalue weighted by molar-refractivity contribution is 0.103. The summed E-state index contributed by atoms with van der Waals surface area (Å²) in [6.45, 7) is 8.41. The number of thioether (sulfide) groups is 1. The molecule has 1 aromatic heterocycles. The zero-order chi connectivity index (χ0) is 14.8. The maximum Gasteiger partial charge on any atom is 0.194 e. The Morgan fingerprint density at radius 1 is 1.15 bits per heavy atom. The minimum Gasteiger partial charge on any atom is -0.289 e. The van der Waals surface area contributed by atoms with Crippen molar-refractivity contribution in [1.82, 2.24) is 4.98 Å². The number of benzene rings is 1. The largest absolute Gasteiger partial charge is 0.289 e. The summed E-state index contributed by atoms with van der Waals surface area (Å²) in [6, 6.07) is 11.3. The summed E-state index contributed by atoms with van der Waals surface area (Å²) in [4.78, 5) is 16.8. The Labute approximate surface area is 124 Å². The van der Waals surface area contributed by atoms with Crippen LogP contribution in [-0.4, -0.2) is 15.5 Å². The van der Waals surface area contributed by atoms with E-state index in [1.807, 2.05) is 43.3 Å². The highest BCUT2D eigenvalue weighted by atomic mass is 32.2. The Morgan fingerprint density at radius 3 is 2.35 bits per heavy atom. The SMILES string of the molecule is Cc1cc(SC(C)(C)C)ncc1C(=O)c1ccccc1. The van der Waals surface area contributed by atoms with Crippen molar-refractivity contribution in [3.63, 3.8) is 0 Å². The molecule has 0 spiro atoms. The molecule has 2 aromatic rings. The number of nitrogens with zero attached hydrogens (tertiary/aromatic N) is 1. The first-order chi connectivity index (χ1) is 9.37. The lowest BCUT2D eigenvalue weighted by atomic mass is 10.0. The van der Waals surface area contributed by atoms with Crippen molar-refractivity contribution in [3.05, 3.63) is 59.3 Å². The Balaban J connectivity index is 2.29. The third kappa shape index (κ3) is 3.70. The van der Waals surface area contributed by atoms with Crippen LogP contribution in [0.5, 0.6) is 0 Å². The number of aromatic nitrogens is 1. The van der Waals surface area contributed by atoms with Gasteiger partial charge in [0.1, 0.15) is 0 Å². The smallest absolute Gasteiger partial charge is 0.194 e. The summed E-state index contributed by atoms with van der Waals surface area (Å²) >= 11 is 1.71. The van der Waals surface area contributed by atoms with Crippen LogP contribution in [-0.2, 0) is 0 Å². The number of rotatable bonds is 3. The van der Waals surface area contributed by atoms with Crippen molar-refractivity contribution >= 4 is 17.5 Å². The van der Waals surface area contributed by atoms with Crippen LogP contribution < -0.4 is 0 Å². The molecule has 1 aromatic carbocycles. The number of carbonyl (C=O) groups is 1. The second-order valence-electron chi connectivity index (χ2n) is 5.75. The van der Waals surface area contributed by atoms with Gasteiger partial charge in [-0.3, -0.25) is 4.79 Å². The van der Waals surface area contributed by atoms with E-state index in [1.165, 1.54) is 0 Å². The first-order valence-corrected chi connectivity index (χ1v) is 7.44. The normalized spacial score (nSPS) is 11.4. The van der Waals surface area contributed by atoms with Crippen LogP contribution in [0.25, 0.3) is 0 Å². The van der Waals surface area contributed by atoms with Crippen molar-refractivity contribution in [1.29, 1.82) is 0 Å². The van der Waals surface area contributed by atoms with Crippen LogP contribution in [0.15, 0.2) is 47.6 Å². The van der Waals surface area contributed by atoms with Crippen LogP contribution in [0.2, 0.25) is 0 Å². The van der Waals surface area contributed by atoms with Gasteiger partial charge in [0.05, 0.1) is 5.03 Å². The minimum absolute atomic E-state index is 0.0305. The van der Waals surface area contributed by atoms with Crippen molar-refractivity contribution in [3.8, 4) is 0 Å². The molecule has 0 saturated carbocycles. The summed E-state index contributed by atoms with van der Waals surface area (Å²) in [7, 11) is 0. The average molecular weight is 285 g/mol. The fourth-order valence-corrected chi connectivity index (χ4v) is 2.85. The van der Waals surface area contributed by atoms with Crippen LogP contribution in [0.1, 0.15) is 42.3 Å². The van der Waals surface area contributed by atoms with Gasteiger partial charge in [-0.2, -0.15) is 0 Å². The third-order valence-corrected chi connectivity index (χ3v) is 3.82. The van der Waals surface area contributed by atoms with E-state index in [4.69, 9.17) is 0 Å². The molecule has 0 unspecified atom stereocenters. The molecule has 2 rings (SSSR count). The van der Waals surface area contributed by atoms with E-state index in [2.05, 4.69) is 25.8 Å². The standard InChI is InChI=1S/C17H19NOS/c1-12-10-15(20-17(2,3)4)18-11-14(12)16(19)13-8-6-5-7-9-13/h5-11H,1-4H3. The second-order valence-corrected chi connectivity index (χ2v) is 7.59. The molecular formula is C17H19NOS. The maximum absolute atomic E-state index is 12.4. The molecule has 0 amide bonds. The number of carbonyl (C=O) groups excluding carboxylic acids is 1. The molecule has 0 fully saturated rings. The van der Waals surface area contributed by atoms with Crippen molar-refractivity contribution in [2.45, 2.75) is 37.5 Å². The molecule has 0 atom stereocenters.